The molecule has 2 aromatic carbocycles. The average molecular weight is 475 g/mol. The highest BCUT2D eigenvalue weighted by Crippen LogP contribution is 2.42. The van der Waals surface area contributed by atoms with Gasteiger partial charge in [-0.1, -0.05) is 59.8 Å². The van der Waals surface area contributed by atoms with Crippen LogP contribution in [0.25, 0.3) is 0 Å². The molecule has 1 aromatic heterocycles. The molecule has 1 aliphatic rings. The summed E-state index contributed by atoms with van der Waals surface area (Å²) in [6.45, 7) is 1.92. The van der Waals surface area contributed by atoms with Crippen molar-refractivity contribution in [3.8, 4) is 6.07 Å². The third-order valence-electron chi connectivity index (χ3n) is 5.08. The van der Waals surface area contributed by atoms with E-state index >= 15 is 0 Å². The lowest BCUT2D eigenvalue weighted by Crippen LogP contribution is -2.30. The van der Waals surface area contributed by atoms with Crippen LogP contribution in [0.3, 0.4) is 0 Å². The molecule has 8 heteroatoms. The quantitative estimate of drug-likeness (QED) is 0.410. The maximum absolute atomic E-state index is 13.5. The first-order valence-corrected chi connectivity index (χ1v) is 11.4. The number of nitrogens with one attached hydrogen (secondary N) is 1. The zero-order valence-electron chi connectivity index (χ0n) is 17.7. The van der Waals surface area contributed by atoms with Crippen LogP contribution < -0.4 is 10.2 Å². The van der Waals surface area contributed by atoms with Crippen molar-refractivity contribution in [1.29, 1.82) is 5.26 Å². The molecule has 0 radical (unpaired) electrons. The van der Waals surface area contributed by atoms with Crippen LogP contribution in [-0.4, -0.2) is 22.0 Å². The van der Waals surface area contributed by atoms with Crippen LogP contribution in [0.4, 0.5) is 11.5 Å². The molecule has 0 bridgehead atoms. The van der Waals surface area contributed by atoms with Crippen LogP contribution in [0.15, 0.2) is 83.5 Å². The number of thioether (sulfide) groups is 1. The summed E-state index contributed by atoms with van der Waals surface area (Å²) >= 11 is 7.47. The summed E-state index contributed by atoms with van der Waals surface area (Å²) in [7, 11) is 0. The number of para-hydroxylation sites is 1. The van der Waals surface area contributed by atoms with Crippen molar-refractivity contribution in [3.05, 3.63) is 99.7 Å². The summed E-state index contributed by atoms with van der Waals surface area (Å²) in [6.07, 6.45) is 1.96. The molecule has 164 valence electrons. The lowest BCUT2D eigenvalue weighted by atomic mass is 10.1. The normalized spacial score (nSPS) is 16.9. The van der Waals surface area contributed by atoms with Gasteiger partial charge in [0.1, 0.15) is 22.5 Å². The molecule has 1 unspecified atom stereocenters. The van der Waals surface area contributed by atoms with Gasteiger partial charge in [0.2, 0.25) is 5.91 Å². The van der Waals surface area contributed by atoms with E-state index in [2.05, 4.69) is 10.3 Å². The number of nitrogens with zero attached hydrogens (tertiary/aromatic N) is 3. The molecule has 2 heterocycles. The summed E-state index contributed by atoms with van der Waals surface area (Å²) in [5, 5.41) is 12.9. The van der Waals surface area contributed by atoms with Gasteiger partial charge in [0.15, 0.2) is 0 Å². The third-order valence-corrected chi connectivity index (χ3v) is 6.75. The number of aryl methyl sites for hydroxylation is 1. The van der Waals surface area contributed by atoms with Crippen LogP contribution in [0.5, 0.6) is 0 Å². The summed E-state index contributed by atoms with van der Waals surface area (Å²) < 4.78 is 0. The van der Waals surface area contributed by atoms with E-state index in [4.69, 9.17) is 11.6 Å². The standard InChI is InChI=1S/C25H19ClN4O2S/c1-16-10-11-17(13-20(16)26)14-21-24(32)30(18-7-3-2-4-8-18)25(33-21)19(15-27)23(31)29-22-9-5-6-12-28-22/h2-13,21H,14H2,1H3,(H,28,29,31)/b25-19-. The molecule has 1 N–H and O–H groups in total. The second kappa shape index (κ2) is 9.90. The highest BCUT2D eigenvalue weighted by Gasteiger charge is 2.40. The smallest absolute Gasteiger partial charge is 0.270 e. The van der Waals surface area contributed by atoms with Gasteiger partial charge in [-0.3, -0.25) is 14.5 Å². The number of amides is 2. The van der Waals surface area contributed by atoms with Gasteiger partial charge in [-0.15, -0.1) is 0 Å². The fraction of sp³-hybridized carbons (Fsp3) is 0.120. The van der Waals surface area contributed by atoms with Crippen molar-refractivity contribution in [3.63, 3.8) is 0 Å². The van der Waals surface area contributed by atoms with E-state index in [1.165, 1.54) is 16.7 Å². The Morgan fingerprint density at radius 2 is 1.94 bits per heavy atom. The van der Waals surface area contributed by atoms with Crippen LogP contribution in [0, 0.1) is 18.3 Å². The van der Waals surface area contributed by atoms with Gasteiger partial charge in [0.25, 0.3) is 5.91 Å². The third kappa shape index (κ3) is 4.92. The van der Waals surface area contributed by atoms with Crippen LogP contribution in [0.1, 0.15) is 11.1 Å². The predicted molar refractivity (Wildman–Crippen MR) is 131 cm³/mol. The minimum absolute atomic E-state index is 0.146. The van der Waals surface area contributed by atoms with Gasteiger partial charge in [-0.25, -0.2) is 4.98 Å². The minimum atomic E-state index is -0.619. The van der Waals surface area contributed by atoms with Gasteiger partial charge in [0.05, 0.1) is 5.25 Å². The molecule has 33 heavy (non-hydrogen) atoms. The van der Waals surface area contributed by atoms with E-state index in [-0.39, 0.29) is 11.5 Å². The molecule has 1 atom stereocenters. The largest absolute Gasteiger partial charge is 0.306 e. The monoisotopic (exact) mass is 474 g/mol. The highest BCUT2D eigenvalue weighted by atomic mass is 35.5. The summed E-state index contributed by atoms with van der Waals surface area (Å²) in [6, 6.07) is 21.8. The number of pyridine rings is 1. The Balaban J connectivity index is 1.71. The Labute approximate surface area is 200 Å². The minimum Gasteiger partial charge on any atom is -0.306 e. The first kappa shape index (κ1) is 22.6. The molecule has 0 aliphatic carbocycles. The van der Waals surface area contributed by atoms with E-state index in [1.54, 1.807) is 48.7 Å². The maximum Gasteiger partial charge on any atom is 0.270 e. The Kier molecular flexibility index (Phi) is 6.78. The Hall–Kier alpha value is -3.60. The van der Waals surface area contributed by atoms with Gasteiger partial charge >= 0.3 is 0 Å². The van der Waals surface area contributed by atoms with Crippen LogP contribution in [0.2, 0.25) is 5.02 Å². The second-order valence-corrected chi connectivity index (χ2v) is 8.96. The second-order valence-electron chi connectivity index (χ2n) is 7.36. The average Bonchev–Trinajstić information content (AvgIpc) is 3.13. The number of nitriles is 1. The lowest BCUT2D eigenvalue weighted by Gasteiger charge is -2.18. The molecule has 6 nitrogen and oxygen atoms in total. The number of anilines is 2. The molecule has 2 amide bonds. The number of hydrogen-bond donors (Lipinski definition) is 1. The number of hydrogen-bond acceptors (Lipinski definition) is 5. The van der Waals surface area contributed by atoms with Gasteiger partial charge < -0.3 is 5.32 Å². The lowest BCUT2D eigenvalue weighted by molar-refractivity contribution is -0.117. The van der Waals surface area contributed by atoms with Crippen LogP contribution >= 0.6 is 23.4 Å². The molecular weight excluding hydrogens is 456 g/mol. The number of carbonyl (C=O) groups is 2. The number of benzene rings is 2. The first-order chi connectivity index (χ1) is 16.0. The van der Waals surface area contributed by atoms with E-state index in [1.807, 2.05) is 37.3 Å². The topological polar surface area (TPSA) is 86.1 Å². The number of rotatable bonds is 5. The number of aromatic nitrogens is 1. The summed E-state index contributed by atoms with van der Waals surface area (Å²) in [5.74, 6) is -0.495. The van der Waals surface area contributed by atoms with Crippen molar-refractivity contribution in [2.75, 3.05) is 10.2 Å². The van der Waals surface area contributed by atoms with E-state index in [9.17, 15) is 14.9 Å². The molecule has 3 aromatic rings. The summed E-state index contributed by atoms with van der Waals surface area (Å²) in [4.78, 5) is 31.9. The number of carbonyl (C=O) groups excluding carboxylic acids is 2. The molecule has 1 saturated heterocycles. The van der Waals surface area contributed by atoms with E-state index < -0.39 is 11.2 Å². The molecular formula is C25H19ClN4O2S. The van der Waals surface area contributed by atoms with Crippen molar-refractivity contribution in [1.82, 2.24) is 4.98 Å². The fourth-order valence-corrected chi connectivity index (χ4v) is 4.90. The van der Waals surface area contributed by atoms with Crippen molar-refractivity contribution < 1.29 is 9.59 Å². The van der Waals surface area contributed by atoms with Crippen LogP contribution in [-0.2, 0) is 16.0 Å². The Morgan fingerprint density at radius 1 is 1.18 bits per heavy atom. The molecule has 4 rings (SSSR count). The zero-order valence-corrected chi connectivity index (χ0v) is 19.2. The van der Waals surface area contributed by atoms with Gasteiger partial charge in [-0.2, -0.15) is 5.26 Å². The van der Waals surface area contributed by atoms with E-state index in [0.29, 0.717) is 28.0 Å². The van der Waals surface area contributed by atoms with Crippen molar-refractivity contribution >= 4 is 46.7 Å². The SMILES string of the molecule is Cc1ccc(CC2S/C(=C(/C#N)C(=O)Nc3ccccn3)N(c3ccccc3)C2=O)cc1Cl. The predicted octanol–water partition coefficient (Wildman–Crippen LogP) is 5.11. The molecule has 0 saturated carbocycles. The maximum atomic E-state index is 13.5. The number of halogens is 1. The molecule has 1 aliphatic heterocycles. The van der Waals surface area contributed by atoms with Gasteiger partial charge in [0, 0.05) is 16.9 Å². The zero-order chi connectivity index (χ0) is 23.4. The molecule has 1 fully saturated rings. The Morgan fingerprint density at radius 3 is 2.61 bits per heavy atom. The van der Waals surface area contributed by atoms with Crippen molar-refractivity contribution in [2.45, 2.75) is 18.6 Å². The summed E-state index contributed by atoms with van der Waals surface area (Å²) in [5.41, 5.74) is 2.30. The van der Waals surface area contributed by atoms with Crippen molar-refractivity contribution in [2.24, 2.45) is 0 Å². The highest BCUT2D eigenvalue weighted by molar-refractivity contribution is 8.05. The first-order valence-electron chi connectivity index (χ1n) is 10.2. The Bertz CT molecular complexity index is 1270. The van der Waals surface area contributed by atoms with Gasteiger partial charge in [-0.05, 0) is 54.8 Å². The van der Waals surface area contributed by atoms with E-state index in [0.717, 1.165) is 11.1 Å². The fourth-order valence-electron chi connectivity index (χ4n) is 3.39. The molecule has 0 spiro atoms.